The smallest absolute Gasteiger partial charge is 0.232 e. The first-order chi connectivity index (χ1) is 14.1. The fourth-order valence-corrected chi connectivity index (χ4v) is 7.35. The molecule has 4 fully saturated rings. The lowest BCUT2D eigenvalue weighted by Gasteiger charge is -2.59. The first-order valence-electron chi connectivity index (χ1n) is 11.3. The predicted octanol–water partition coefficient (Wildman–Crippen LogP) is 5.65. The summed E-state index contributed by atoms with van der Waals surface area (Å²) in [6.07, 6.45) is 8.21. The minimum Gasteiger partial charge on any atom is -0.457 e. The van der Waals surface area contributed by atoms with Crippen LogP contribution in [0.1, 0.15) is 62.5 Å². The predicted molar refractivity (Wildman–Crippen MR) is 113 cm³/mol. The van der Waals surface area contributed by atoms with Crippen LogP contribution in [0, 0.1) is 23.2 Å². The van der Waals surface area contributed by atoms with Crippen molar-refractivity contribution in [3.05, 3.63) is 59.7 Å². The van der Waals surface area contributed by atoms with Gasteiger partial charge in [-0.05, 0) is 80.8 Å². The van der Waals surface area contributed by atoms with Gasteiger partial charge < -0.3 is 10.1 Å². The van der Waals surface area contributed by atoms with Gasteiger partial charge in [-0.15, -0.1) is 0 Å². The van der Waals surface area contributed by atoms with Crippen LogP contribution >= 0.6 is 0 Å². The second-order valence-corrected chi connectivity index (χ2v) is 10.1. The Hall–Kier alpha value is -2.29. The summed E-state index contributed by atoms with van der Waals surface area (Å²) in [6.45, 7) is 2.27. The van der Waals surface area contributed by atoms with Crippen LogP contribution in [0.3, 0.4) is 0 Å². The lowest BCUT2D eigenvalue weighted by Crippen LogP contribution is -2.56. The molecule has 5 aliphatic rings. The molecule has 2 aromatic carbocycles. The monoisotopic (exact) mass is 387 g/mol. The number of nitrogens with one attached hydrogen (secondary N) is 1. The number of hydrogen-bond acceptors (Lipinski definition) is 2. The molecule has 29 heavy (non-hydrogen) atoms. The van der Waals surface area contributed by atoms with Gasteiger partial charge in [0.1, 0.15) is 11.5 Å². The normalized spacial score (nSPS) is 32.8. The topological polar surface area (TPSA) is 38.3 Å². The van der Waals surface area contributed by atoms with Crippen LogP contribution in [0.25, 0.3) is 0 Å². The molecule has 2 aromatic rings. The van der Waals surface area contributed by atoms with Crippen molar-refractivity contribution in [3.63, 3.8) is 0 Å². The average molecular weight is 388 g/mol. The zero-order valence-electron chi connectivity index (χ0n) is 17.1. The standard InChI is InChI=1S/C26H29NO2/c1-16(26-13-17-10-18(14-26)12-19(11-17)15-26)27-25(28)24-20-6-2-4-8-22(20)29-23-9-5-3-7-21(23)24/h2-9,16-19,24H,10-15H2,1H3,(H,27,28)/t16-,17?,18?,19?,26?/m0/s1. The third-order valence-electron chi connectivity index (χ3n) is 8.31. The molecular weight excluding hydrogens is 358 g/mol. The zero-order valence-corrected chi connectivity index (χ0v) is 17.1. The maximum atomic E-state index is 13.7. The van der Waals surface area contributed by atoms with Crippen molar-refractivity contribution < 1.29 is 9.53 Å². The van der Waals surface area contributed by atoms with Gasteiger partial charge in [0.2, 0.25) is 5.91 Å². The van der Waals surface area contributed by atoms with Crippen molar-refractivity contribution in [2.24, 2.45) is 23.2 Å². The number of fused-ring (bicyclic) bond motifs is 2. The Morgan fingerprint density at radius 3 is 1.90 bits per heavy atom. The van der Waals surface area contributed by atoms with E-state index in [-0.39, 0.29) is 17.9 Å². The molecular formula is C26H29NO2. The Kier molecular flexibility index (Phi) is 3.85. The quantitative estimate of drug-likeness (QED) is 0.739. The molecule has 1 atom stereocenters. The van der Waals surface area contributed by atoms with Crippen molar-refractivity contribution in [3.8, 4) is 11.5 Å². The lowest BCUT2D eigenvalue weighted by atomic mass is 9.48. The van der Waals surface area contributed by atoms with Gasteiger partial charge in [0.25, 0.3) is 0 Å². The van der Waals surface area contributed by atoms with Crippen LogP contribution < -0.4 is 10.1 Å². The first-order valence-corrected chi connectivity index (χ1v) is 11.3. The van der Waals surface area contributed by atoms with Gasteiger partial charge >= 0.3 is 0 Å². The van der Waals surface area contributed by atoms with Crippen molar-refractivity contribution in [1.82, 2.24) is 5.32 Å². The highest BCUT2D eigenvalue weighted by atomic mass is 16.5. The molecule has 1 N–H and O–H groups in total. The van der Waals surface area contributed by atoms with Crippen molar-refractivity contribution in [2.45, 2.75) is 57.4 Å². The Labute approximate surface area is 172 Å². The second-order valence-electron chi connectivity index (χ2n) is 10.1. The molecule has 4 bridgehead atoms. The number of hydrogen-bond donors (Lipinski definition) is 1. The van der Waals surface area contributed by atoms with Gasteiger partial charge in [-0.2, -0.15) is 0 Å². The number of amides is 1. The summed E-state index contributed by atoms with van der Waals surface area (Å²) in [5, 5.41) is 3.49. The number of rotatable bonds is 3. The van der Waals surface area contributed by atoms with Gasteiger partial charge in [0, 0.05) is 17.2 Å². The van der Waals surface area contributed by atoms with E-state index in [1.165, 1.54) is 38.5 Å². The summed E-state index contributed by atoms with van der Waals surface area (Å²) in [4.78, 5) is 13.7. The molecule has 3 heteroatoms. The summed E-state index contributed by atoms with van der Waals surface area (Å²) < 4.78 is 6.08. The minimum absolute atomic E-state index is 0.122. The van der Waals surface area contributed by atoms with Crippen LogP contribution in [0.5, 0.6) is 11.5 Å². The van der Waals surface area contributed by atoms with Gasteiger partial charge in [0.05, 0.1) is 5.92 Å². The molecule has 4 saturated carbocycles. The highest BCUT2D eigenvalue weighted by Crippen LogP contribution is 2.61. The summed E-state index contributed by atoms with van der Waals surface area (Å²) in [5.74, 6) is 4.10. The van der Waals surface area contributed by atoms with Gasteiger partial charge in [-0.3, -0.25) is 4.79 Å². The summed E-state index contributed by atoms with van der Waals surface area (Å²) in [5.41, 5.74) is 2.26. The van der Waals surface area contributed by atoms with E-state index in [1.807, 2.05) is 48.5 Å². The average Bonchev–Trinajstić information content (AvgIpc) is 2.70. The van der Waals surface area contributed by atoms with Crippen LogP contribution in [0.2, 0.25) is 0 Å². The molecule has 0 aromatic heterocycles. The van der Waals surface area contributed by atoms with Crippen molar-refractivity contribution in [2.75, 3.05) is 0 Å². The molecule has 0 unspecified atom stereocenters. The maximum absolute atomic E-state index is 13.7. The number of para-hydroxylation sites is 2. The van der Waals surface area contributed by atoms with E-state index in [2.05, 4.69) is 12.2 Å². The number of benzene rings is 2. The van der Waals surface area contributed by atoms with Gasteiger partial charge in [-0.1, -0.05) is 36.4 Å². The summed E-state index contributed by atoms with van der Waals surface area (Å²) >= 11 is 0. The Morgan fingerprint density at radius 1 is 0.897 bits per heavy atom. The molecule has 3 nitrogen and oxygen atoms in total. The molecule has 7 rings (SSSR count). The third-order valence-corrected chi connectivity index (χ3v) is 8.31. The van der Waals surface area contributed by atoms with E-state index < -0.39 is 0 Å². The Balaban J connectivity index is 1.31. The second kappa shape index (κ2) is 6.35. The molecule has 150 valence electrons. The molecule has 1 amide bonds. The number of carbonyl (C=O) groups is 1. The molecule has 1 aliphatic heterocycles. The minimum atomic E-state index is -0.299. The van der Waals surface area contributed by atoms with Gasteiger partial charge in [0.15, 0.2) is 0 Å². The first kappa shape index (κ1) is 17.6. The van der Waals surface area contributed by atoms with Crippen LogP contribution in [0.4, 0.5) is 0 Å². The molecule has 0 radical (unpaired) electrons. The third kappa shape index (κ3) is 2.73. The van der Waals surface area contributed by atoms with Gasteiger partial charge in [-0.25, -0.2) is 0 Å². The molecule has 0 saturated heterocycles. The van der Waals surface area contributed by atoms with E-state index in [1.54, 1.807) is 0 Å². The number of ether oxygens (including phenoxy) is 1. The molecule has 1 heterocycles. The Morgan fingerprint density at radius 2 is 1.38 bits per heavy atom. The Bertz CT molecular complexity index is 884. The highest BCUT2D eigenvalue weighted by molar-refractivity contribution is 5.89. The lowest BCUT2D eigenvalue weighted by molar-refractivity contribution is -0.126. The van der Waals surface area contributed by atoms with E-state index >= 15 is 0 Å². The van der Waals surface area contributed by atoms with Crippen LogP contribution in [-0.2, 0) is 4.79 Å². The number of carbonyl (C=O) groups excluding carboxylic acids is 1. The maximum Gasteiger partial charge on any atom is 0.232 e. The fraction of sp³-hybridized carbons (Fsp3) is 0.500. The highest BCUT2D eigenvalue weighted by Gasteiger charge is 2.53. The van der Waals surface area contributed by atoms with Crippen LogP contribution in [0.15, 0.2) is 48.5 Å². The van der Waals surface area contributed by atoms with E-state index in [0.29, 0.717) is 5.41 Å². The van der Waals surface area contributed by atoms with E-state index in [9.17, 15) is 4.79 Å². The fourth-order valence-electron chi connectivity index (χ4n) is 7.35. The van der Waals surface area contributed by atoms with Crippen LogP contribution in [-0.4, -0.2) is 11.9 Å². The molecule has 4 aliphatic carbocycles. The summed E-state index contributed by atoms with van der Waals surface area (Å²) in [6, 6.07) is 16.2. The molecule has 0 spiro atoms. The van der Waals surface area contributed by atoms with Crippen molar-refractivity contribution in [1.29, 1.82) is 0 Å². The van der Waals surface area contributed by atoms with Crippen molar-refractivity contribution >= 4 is 5.91 Å². The summed E-state index contributed by atoms with van der Waals surface area (Å²) in [7, 11) is 0. The van der Waals surface area contributed by atoms with E-state index in [4.69, 9.17) is 4.74 Å². The van der Waals surface area contributed by atoms with E-state index in [0.717, 1.165) is 40.4 Å². The zero-order chi connectivity index (χ0) is 19.6. The SMILES string of the molecule is C[C@H](NC(=O)C1c2ccccc2Oc2ccccc21)C12CC3CC(CC(C3)C1)C2. The largest absolute Gasteiger partial charge is 0.457 e.